The number of benzene rings is 1. The smallest absolute Gasteiger partial charge is 0.241 e. The van der Waals surface area contributed by atoms with Gasteiger partial charge in [0.25, 0.3) is 0 Å². The molecule has 0 amide bonds. The maximum atomic E-state index is 13.6. The van der Waals surface area contributed by atoms with Crippen molar-refractivity contribution in [3.63, 3.8) is 0 Å². The molecule has 0 spiro atoms. The highest BCUT2D eigenvalue weighted by Gasteiger charge is 2.20. The Hall–Kier alpha value is -1.02. The van der Waals surface area contributed by atoms with Crippen LogP contribution in [0.4, 0.5) is 4.39 Å². The minimum Gasteiger partial charge on any atom is -0.326 e. The third kappa shape index (κ3) is 4.24. The zero-order valence-corrected chi connectivity index (χ0v) is 12.9. The Labute approximate surface area is 120 Å². The van der Waals surface area contributed by atoms with Gasteiger partial charge in [-0.25, -0.2) is 17.5 Å². The van der Waals surface area contributed by atoms with Gasteiger partial charge in [0.2, 0.25) is 10.0 Å². The second-order valence-electron chi connectivity index (χ2n) is 4.89. The van der Waals surface area contributed by atoms with E-state index in [1.54, 1.807) is 0 Å². The molecule has 5 nitrogen and oxygen atoms in total. The van der Waals surface area contributed by atoms with Gasteiger partial charge in [0.1, 0.15) is 5.82 Å². The summed E-state index contributed by atoms with van der Waals surface area (Å²) in [6.45, 7) is 4.72. The largest absolute Gasteiger partial charge is 0.326 e. The van der Waals surface area contributed by atoms with Gasteiger partial charge in [-0.05, 0) is 33.0 Å². The molecule has 0 heterocycles. The standard InChI is InChI=1S/C13H22FN3O2S/c1-10(2)17(3)8-7-16-20(18,19)13-6-4-5-12(14)11(13)9-15/h4-6,10,16H,7-9,15H2,1-3H3. The van der Waals surface area contributed by atoms with Crippen molar-refractivity contribution in [3.8, 4) is 0 Å². The summed E-state index contributed by atoms with van der Waals surface area (Å²) in [6.07, 6.45) is 0. The van der Waals surface area contributed by atoms with Crippen molar-refractivity contribution < 1.29 is 12.8 Å². The second-order valence-corrected chi connectivity index (χ2v) is 6.63. The monoisotopic (exact) mass is 303 g/mol. The van der Waals surface area contributed by atoms with Crippen LogP contribution in [0.5, 0.6) is 0 Å². The summed E-state index contributed by atoms with van der Waals surface area (Å²) in [5.74, 6) is -0.602. The molecule has 0 radical (unpaired) electrons. The molecule has 0 saturated heterocycles. The molecule has 114 valence electrons. The number of nitrogens with one attached hydrogen (secondary N) is 1. The van der Waals surface area contributed by atoms with Crippen LogP contribution in [0.2, 0.25) is 0 Å². The number of hydrogen-bond acceptors (Lipinski definition) is 4. The Morgan fingerprint density at radius 3 is 2.60 bits per heavy atom. The van der Waals surface area contributed by atoms with Gasteiger partial charge in [-0.1, -0.05) is 6.07 Å². The van der Waals surface area contributed by atoms with Crippen molar-refractivity contribution in [2.45, 2.75) is 31.3 Å². The van der Waals surface area contributed by atoms with Gasteiger partial charge in [0, 0.05) is 31.2 Å². The second kappa shape index (κ2) is 7.12. The van der Waals surface area contributed by atoms with Crippen LogP contribution >= 0.6 is 0 Å². The van der Waals surface area contributed by atoms with Crippen molar-refractivity contribution in [2.75, 3.05) is 20.1 Å². The third-order valence-corrected chi connectivity index (χ3v) is 4.75. The molecule has 20 heavy (non-hydrogen) atoms. The quantitative estimate of drug-likeness (QED) is 0.785. The van der Waals surface area contributed by atoms with E-state index in [9.17, 15) is 12.8 Å². The molecule has 0 aliphatic rings. The van der Waals surface area contributed by atoms with Gasteiger partial charge < -0.3 is 10.6 Å². The zero-order valence-electron chi connectivity index (χ0n) is 12.1. The first-order valence-electron chi connectivity index (χ1n) is 6.47. The minimum absolute atomic E-state index is 0.0113. The van der Waals surface area contributed by atoms with E-state index in [1.807, 2.05) is 25.8 Å². The van der Waals surface area contributed by atoms with Gasteiger partial charge in [0.15, 0.2) is 0 Å². The van der Waals surface area contributed by atoms with Crippen LogP contribution in [0.1, 0.15) is 19.4 Å². The van der Waals surface area contributed by atoms with Crippen molar-refractivity contribution in [3.05, 3.63) is 29.6 Å². The maximum absolute atomic E-state index is 13.6. The van der Waals surface area contributed by atoms with Crippen LogP contribution in [0.3, 0.4) is 0 Å². The van der Waals surface area contributed by atoms with Gasteiger partial charge in [-0.2, -0.15) is 0 Å². The predicted molar refractivity (Wildman–Crippen MR) is 77.2 cm³/mol. The van der Waals surface area contributed by atoms with E-state index in [1.165, 1.54) is 18.2 Å². The summed E-state index contributed by atoms with van der Waals surface area (Å²) in [5, 5.41) is 0. The SMILES string of the molecule is CC(C)N(C)CCNS(=O)(=O)c1cccc(F)c1CN. The predicted octanol–water partition coefficient (Wildman–Crippen LogP) is 0.903. The number of nitrogens with two attached hydrogens (primary N) is 1. The highest BCUT2D eigenvalue weighted by molar-refractivity contribution is 7.89. The number of halogens is 1. The van der Waals surface area contributed by atoms with Crippen LogP contribution in [0.25, 0.3) is 0 Å². The normalized spacial score (nSPS) is 12.3. The van der Waals surface area contributed by atoms with E-state index >= 15 is 0 Å². The van der Waals surface area contributed by atoms with Crippen LogP contribution < -0.4 is 10.5 Å². The van der Waals surface area contributed by atoms with E-state index in [2.05, 4.69) is 4.72 Å². The number of rotatable bonds is 7. The molecular formula is C13H22FN3O2S. The fraction of sp³-hybridized carbons (Fsp3) is 0.538. The summed E-state index contributed by atoms with van der Waals surface area (Å²) in [6, 6.07) is 4.25. The van der Waals surface area contributed by atoms with Crippen LogP contribution in [-0.4, -0.2) is 39.5 Å². The Kier molecular flexibility index (Phi) is 6.07. The molecule has 0 aromatic heterocycles. The highest BCUT2D eigenvalue weighted by atomic mass is 32.2. The van der Waals surface area contributed by atoms with E-state index in [0.29, 0.717) is 12.6 Å². The van der Waals surface area contributed by atoms with E-state index in [0.717, 1.165) is 0 Å². The van der Waals surface area contributed by atoms with Crippen LogP contribution in [0.15, 0.2) is 23.1 Å². The topological polar surface area (TPSA) is 75.4 Å². The molecular weight excluding hydrogens is 281 g/mol. The molecule has 0 bridgehead atoms. The average molecular weight is 303 g/mol. The first-order chi connectivity index (χ1) is 9.29. The van der Waals surface area contributed by atoms with Gasteiger partial charge in [0.05, 0.1) is 4.90 Å². The van der Waals surface area contributed by atoms with E-state index in [-0.39, 0.29) is 23.5 Å². The number of sulfonamides is 1. The molecule has 1 aromatic rings. The molecule has 0 aliphatic heterocycles. The van der Waals surface area contributed by atoms with Crippen LogP contribution in [-0.2, 0) is 16.6 Å². The summed E-state index contributed by atoms with van der Waals surface area (Å²) in [7, 11) is -1.83. The molecule has 0 aliphatic carbocycles. The summed E-state index contributed by atoms with van der Waals surface area (Å²) >= 11 is 0. The van der Waals surface area contributed by atoms with Crippen LogP contribution in [0, 0.1) is 5.82 Å². The number of nitrogens with zero attached hydrogens (tertiary/aromatic N) is 1. The fourth-order valence-electron chi connectivity index (χ4n) is 1.68. The first kappa shape index (κ1) is 17.0. The molecule has 1 aromatic carbocycles. The van der Waals surface area contributed by atoms with Gasteiger partial charge in [-0.15, -0.1) is 0 Å². The average Bonchev–Trinajstić information content (AvgIpc) is 2.37. The number of likely N-dealkylation sites (N-methyl/N-ethyl adjacent to an activating group) is 1. The Morgan fingerprint density at radius 2 is 2.05 bits per heavy atom. The van der Waals surface area contributed by atoms with E-state index in [4.69, 9.17) is 5.73 Å². The molecule has 3 N–H and O–H groups in total. The highest BCUT2D eigenvalue weighted by Crippen LogP contribution is 2.18. The minimum atomic E-state index is -3.74. The Balaban J connectivity index is 2.82. The Bertz CT molecular complexity index is 547. The molecule has 0 atom stereocenters. The van der Waals surface area contributed by atoms with Crippen molar-refractivity contribution in [1.29, 1.82) is 0 Å². The zero-order chi connectivity index (χ0) is 15.3. The van der Waals surface area contributed by atoms with Crippen molar-refractivity contribution in [1.82, 2.24) is 9.62 Å². The lowest BCUT2D eigenvalue weighted by Crippen LogP contribution is -2.36. The third-order valence-electron chi connectivity index (χ3n) is 3.21. The maximum Gasteiger partial charge on any atom is 0.241 e. The molecule has 7 heteroatoms. The lowest BCUT2D eigenvalue weighted by atomic mass is 10.2. The summed E-state index contributed by atoms with van der Waals surface area (Å²) in [4.78, 5) is 1.92. The first-order valence-corrected chi connectivity index (χ1v) is 7.95. The van der Waals surface area contributed by atoms with Crippen molar-refractivity contribution >= 4 is 10.0 Å². The fourth-order valence-corrected chi connectivity index (χ4v) is 2.96. The molecule has 0 fully saturated rings. The summed E-state index contributed by atoms with van der Waals surface area (Å²) < 4.78 is 40.4. The lowest BCUT2D eigenvalue weighted by Gasteiger charge is -2.21. The number of hydrogen-bond donors (Lipinski definition) is 2. The molecule has 0 saturated carbocycles. The summed E-state index contributed by atoms with van der Waals surface area (Å²) in [5.41, 5.74) is 5.44. The lowest BCUT2D eigenvalue weighted by molar-refractivity contribution is 0.278. The van der Waals surface area contributed by atoms with Gasteiger partial charge in [-0.3, -0.25) is 0 Å². The molecule has 1 rings (SSSR count). The Morgan fingerprint density at radius 1 is 1.40 bits per heavy atom. The molecule has 0 unspecified atom stereocenters. The van der Waals surface area contributed by atoms with E-state index < -0.39 is 15.8 Å². The van der Waals surface area contributed by atoms with Crippen molar-refractivity contribution in [2.24, 2.45) is 5.73 Å². The van der Waals surface area contributed by atoms with Gasteiger partial charge >= 0.3 is 0 Å².